The Balaban J connectivity index is 1.66. The van der Waals surface area contributed by atoms with E-state index in [-0.39, 0.29) is 21.8 Å². The molecule has 0 atom stereocenters. The number of amides is 1. The number of carbonyl (C=O) groups is 1. The highest BCUT2D eigenvalue weighted by Crippen LogP contribution is 2.23. The highest BCUT2D eigenvalue weighted by molar-refractivity contribution is 7.89. The van der Waals surface area contributed by atoms with Crippen LogP contribution >= 0.6 is 11.6 Å². The van der Waals surface area contributed by atoms with Gasteiger partial charge in [0.25, 0.3) is 5.91 Å². The van der Waals surface area contributed by atoms with E-state index in [0.717, 1.165) is 9.99 Å². The average molecular weight is 503 g/mol. The summed E-state index contributed by atoms with van der Waals surface area (Å²) in [6.07, 6.45) is 1.58. The van der Waals surface area contributed by atoms with Gasteiger partial charge in [0.15, 0.2) is 0 Å². The van der Waals surface area contributed by atoms with Crippen molar-refractivity contribution < 1.29 is 13.2 Å². The van der Waals surface area contributed by atoms with Gasteiger partial charge in [-0.1, -0.05) is 17.7 Å². The Bertz CT molecular complexity index is 1410. The summed E-state index contributed by atoms with van der Waals surface area (Å²) in [5.74, 6) is -0.347. The Labute approximate surface area is 204 Å². The van der Waals surface area contributed by atoms with Crippen LogP contribution in [0.15, 0.2) is 58.4 Å². The third kappa shape index (κ3) is 4.43. The summed E-state index contributed by atoms with van der Waals surface area (Å²) < 4.78 is 28.1. The lowest BCUT2D eigenvalue weighted by atomic mass is 10.1. The fourth-order valence-electron chi connectivity index (χ4n) is 4.17. The molecule has 1 aromatic heterocycles. The smallest absolute Gasteiger partial charge is 0.259 e. The van der Waals surface area contributed by atoms with Crippen LogP contribution in [0.1, 0.15) is 17.3 Å². The van der Waals surface area contributed by atoms with E-state index in [0.29, 0.717) is 43.3 Å². The predicted molar refractivity (Wildman–Crippen MR) is 134 cm³/mol. The molecule has 0 aliphatic carbocycles. The second-order valence-corrected chi connectivity index (χ2v) is 11.0. The number of sulfonamides is 1. The largest absolute Gasteiger partial charge is 0.368 e. The minimum absolute atomic E-state index is 0.0180. The second kappa shape index (κ2) is 9.40. The summed E-state index contributed by atoms with van der Waals surface area (Å²) in [7, 11) is -0.844. The number of pyridine rings is 1. The number of aryl methyl sites for hydroxylation is 1. The van der Waals surface area contributed by atoms with E-state index >= 15 is 0 Å². The average Bonchev–Trinajstić information content (AvgIpc) is 2.83. The summed E-state index contributed by atoms with van der Waals surface area (Å²) >= 11 is 6.10. The number of halogens is 1. The van der Waals surface area contributed by atoms with Gasteiger partial charge in [-0.15, -0.1) is 0 Å². The van der Waals surface area contributed by atoms with Crippen LogP contribution in [0.4, 0.5) is 5.69 Å². The van der Waals surface area contributed by atoms with Gasteiger partial charge in [0.2, 0.25) is 15.5 Å². The Hall–Kier alpha value is -2.88. The third-order valence-electron chi connectivity index (χ3n) is 6.14. The van der Waals surface area contributed by atoms with Crippen LogP contribution in [-0.2, 0) is 16.6 Å². The molecule has 180 valence electrons. The van der Waals surface area contributed by atoms with Crippen LogP contribution in [0.5, 0.6) is 0 Å². The number of aromatic nitrogens is 1. The zero-order valence-corrected chi connectivity index (χ0v) is 20.9. The van der Waals surface area contributed by atoms with Gasteiger partial charge in [-0.2, -0.15) is 0 Å². The summed E-state index contributed by atoms with van der Waals surface area (Å²) in [5.41, 5.74) is 1.17. The van der Waals surface area contributed by atoms with Gasteiger partial charge in [0.05, 0.1) is 10.4 Å². The van der Waals surface area contributed by atoms with Gasteiger partial charge in [0, 0.05) is 69.1 Å². The molecule has 1 aliphatic rings. The summed E-state index contributed by atoms with van der Waals surface area (Å²) in [6.45, 7) is 4.60. The molecule has 34 heavy (non-hydrogen) atoms. The first-order valence-electron chi connectivity index (χ1n) is 11.0. The fraction of sp³-hybridized carbons (Fsp3) is 0.333. The van der Waals surface area contributed by atoms with E-state index in [1.165, 1.54) is 26.2 Å². The molecule has 0 spiro atoms. The molecule has 1 aliphatic heterocycles. The lowest BCUT2D eigenvalue weighted by Crippen LogP contribution is -2.49. The molecule has 4 rings (SSSR count). The molecule has 3 aromatic rings. The molecule has 2 aromatic carbocycles. The van der Waals surface area contributed by atoms with Crippen molar-refractivity contribution in [3.63, 3.8) is 0 Å². The van der Waals surface area contributed by atoms with E-state index in [1.807, 2.05) is 31.2 Å². The van der Waals surface area contributed by atoms with E-state index in [1.54, 1.807) is 21.7 Å². The molecule has 1 fully saturated rings. The van der Waals surface area contributed by atoms with Gasteiger partial charge in [-0.3, -0.25) is 9.59 Å². The minimum atomic E-state index is -3.72. The first-order valence-corrected chi connectivity index (χ1v) is 12.8. The van der Waals surface area contributed by atoms with Crippen molar-refractivity contribution in [1.82, 2.24) is 13.8 Å². The molecule has 8 nitrogen and oxygen atoms in total. The maximum Gasteiger partial charge on any atom is 0.259 e. The highest BCUT2D eigenvalue weighted by Gasteiger charge is 2.26. The van der Waals surface area contributed by atoms with Gasteiger partial charge in [0.1, 0.15) is 5.56 Å². The van der Waals surface area contributed by atoms with Gasteiger partial charge >= 0.3 is 0 Å². The molecule has 10 heteroatoms. The monoisotopic (exact) mass is 502 g/mol. The Morgan fingerprint density at radius 3 is 2.38 bits per heavy atom. The van der Waals surface area contributed by atoms with Crippen LogP contribution in [0.3, 0.4) is 0 Å². The summed E-state index contributed by atoms with van der Waals surface area (Å²) in [4.78, 5) is 30.6. The molecule has 1 saturated heterocycles. The topological polar surface area (TPSA) is 82.9 Å². The number of hydrogen-bond donors (Lipinski definition) is 0. The molecule has 1 amide bonds. The summed E-state index contributed by atoms with van der Waals surface area (Å²) in [6, 6.07) is 12.1. The van der Waals surface area contributed by atoms with E-state index in [9.17, 15) is 18.0 Å². The zero-order chi connectivity index (χ0) is 24.6. The number of hydrogen-bond acceptors (Lipinski definition) is 5. The Morgan fingerprint density at radius 2 is 1.76 bits per heavy atom. The zero-order valence-electron chi connectivity index (χ0n) is 19.4. The molecule has 2 heterocycles. The van der Waals surface area contributed by atoms with Gasteiger partial charge < -0.3 is 14.4 Å². The Kier molecular flexibility index (Phi) is 6.71. The standard InChI is InChI=1S/C24H27ClN4O4S/c1-4-27-16-21(23(30)20-15-19(8-9-22(20)27)34(32,33)26(2)3)24(31)29-12-10-28(11-13-29)18-7-5-6-17(25)14-18/h5-9,14-16H,4,10-13H2,1-3H3. The minimum Gasteiger partial charge on any atom is -0.368 e. The first kappa shape index (κ1) is 24.3. The molecule has 0 saturated carbocycles. The van der Waals surface area contributed by atoms with Crippen molar-refractivity contribution >= 4 is 44.1 Å². The van der Waals surface area contributed by atoms with Crippen LogP contribution in [0, 0.1) is 0 Å². The molecule has 0 radical (unpaired) electrons. The number of nitrogens with zero attached hydrogens (tertiary/aromatic N) is 4. The van der Waals surface area contributed by atoms with Crippen molar-refractivity contribution in [2.45, 2.75) is 18.4 Å². The fourth-order valence-corrected chi connectivity index (χ4v) is 5.29. The third-order valence-corrected chi connectivity index (χ3v) is 8.19. The SMILES string of the molecule is CCn1cc(C(=O)N2CCN(c3cccc(Cl)c3)CC2)c(=O)c2cc(S(=O)(=O)N(C)C)ccc21. The number of piperazine rings is 1. The maximum absolute atomic E-state index is 13.4. The highest BCUT2D eigenvalue weighted by atomic mass is 35.5. The van der Waals surface area contributed by atoms with Crippen LogP contribution in [-0.4, -0.2) is 68.4 Å². The normalized spacial score (nSPS) is 14.7. The molecule has 0 N–H and O–H groups in total. The number of carbonyl (C=O) groups excluding carboxylic acids is 1. The number of benzene rings is 2. The van der Waals surface area contributed by atoms with Crippen LogP contribution < -0.4 is 10.3 Å². The van der Waals surface area contributed by atoms with E-state index in [2.05, 4.69) is 4.90 Å². The quantitative estimate of drug-likeness (QED) is 0.535. The van der Waals surface area contributed by atoms with Crippen molar-refractivity contribution in [3.05, 3.63) is 69.5 Å². The van der Waals surface area contributed by atoms with Crippen molar-refractivity contribution in [3.8, 4) is 0 Å². The number of rotatable bonds is 5. The van der Waals surface area contributed by atoms with Crippen molar-refractivity contribution in [2.75, 3.05) is 45.2 Å². The second-order valence-electron chi connectivity index (χ2n) is 8.38. The lowest BCUT2D eigenvalue weighted by Gasteiger charge is -2.36. The Morgan fingerprint density at radius 1 is 1.06 bits per heavy atom. The van der Waals surface area contributed by atoms with Gasteiger partial charge in [-0.25, -0.2) is 12.7 Å². The number of anilines is 1. The van der Waals surface area contributed by atoms with E-state index < -0.39 is 15.5 Å². The van der Waals surface area contributed by atoms with E-state index in [4.69, 9.17) is 11.6 Å². The van der Waals surface area contributed by atoms with Crippen LogP contribution in [0.25, 0.3) is 10.9 Å². The van der Waals surface area contributed by atoms with Crippen molar-refractivity contribution in [2.24, 2.45) is 0 Å². The predicted octanol–water partition coefficient (Wildman–Crippen LogP) is 2.89. The number of fused-ring (bicyclic) bond motifs is 1. The molecule has 0 bridgehead atoms. The maximum atomic E-state index is 13.4. The van der Waals surface area contributed by atoms with Gasteiger partial charge in [-0.05, 0) is 43.3 Å². The molecular weight excluding hydrogens is 476 g/mol. The lowest BCUT2D eigenvalue weighted by molar-refractivity contribution is 0.0745. The van der Waals surface area contributed by atoms with Crippen molar-refractivity contribution in [1.29, 1.82) is 0 Å². The molecule has 0 unspecified atom stereocenters. The summed E-state index contributed by atoms with van der Waals surface area (Å²) in [5, 5.41) is 0.871. The molecular formula is C24H27ClN4O4S. The van der Waals surface area contributed by atoms with Crippen LogP contribution in [0.2, 0.25) is 5.02 Å². The first-order chi connectivity index (χ1) is 16.1.